The minimum atomic E-state index is -4.40. The Morgan fingerprint density at radius 2 is 1.54 bits per heavy atom. The number of halogens is 3. The highest BCUT2D eigenvalue weighted by Gasteiger charge is 2.32. The van der Waals surface area contributed by atoms with Gasteiger partial charge in [-0.3, -0.25) is 4.79 Å². The standard InChI is InChI=1S/C28H25F3N4O2/c1-37-24-12-5-7-20(17-24)25-19-26(35(32-25)22-9-3-2-4-10-22)27(36)34-15-13-33(14-16-34)23-11-6-8-21(18-23)28(29,30)31/h2-12,17-19H,13-16H2,1H3. The number of carbonyl (C=O) groups is 1. The molecule has 37 heavy (non-hydrogen) atoms. The van der Waals surface area contributed by atoms with Crippen LogP contribution in [0.3, 0.4) is 0 Å². The summed E-state index contributed by atoms with van der Waals surface area (Å²) in [5.41, 5.74) is 2.43. The van der Waals surface area contributed by atoms with Crippen LogP contribution in [0.1, 0.15) is 16.1 Å². The fourth-order valence-electron chi connectivity index (χ4n) is 4.43. The molecule has 5 rings (SSSR count). The Hall–Kier alpha value is -4.27. The molecule has 0 bridgehead atoms. The van der Waals surface area contributed by atoms with Crippen LogP contribution in [0.15, 0.2) is 84.9 Å². The highest BCUT2D eigenvalue weighted by Crippen LogP contribution is 2.32. The number of amides is 1. The molecule has 0 atom stereocenters. The van der Waals surface area contributed by atoms with E-state index >= 15 is 0 Å². The number of anilines is 1. The molecule has 0 radical (unpaired) electrons. The second kappa shape index (κ2) is 10.0. The summed E-state index contributed by atoms with van der Waals surface area (Å²) in [6.07, 6.45) is -4.40. The first kappa shape index (κ1) is 24.4. The predicted octanol–water partition coefficient (Wildman–Crippen LogP) is 5.53. The Labute approximate surface area is 212 Å². The molecule has 3 aromatic carbocycles. The van der Waals surface area contributed by atoms with Gasteiger partial charge in [-0.15, -0.1) is 0 Å². The molecule has 1 fully saturated rings. The second-order valence-corrected chi connectivity index (χ2v) is 8.72. The number of para-hydroxylation sites is 1. The van der Waals surface area contributed by atoms with Crippen LogP contribution < -0.4 is 9.64 Å². The SMILES string of the molecule is COc1cccc(-c2cc(C(=O)N3CCN(c4cccc(C(F)(F)F)c4)CC3)n(-c3ccccc3)n2)c1. The highest BCUT2D eigenvalue weighted by atomic mass is 19.4. The summed E-state index contributed by atoms with van der Waals surface area (Å²) in [6, 6.07) is 23.9. The third-order valence-electron chi connectivity index (χ3n) is 6.40. The van der Waals surface area contributed by atoms with Gasteiger partial charge in [0.1, 0.15) is 11.4 Å². The van der Waals surface area contributed by atoms with Crippen molar-refractivity contribution in [2.24, 2.45) is 0 Å². The Morgan fingerprint density at radius 1 is 0.838 bits per heavy atom. The van der Waals surface area contributed by atoms with Crippen molar-refractivity contribution in [2.75, 3.05) is 38.2 Å². The van der Waals surface area contributed by atoms with Crippen molar-refractivity contribution in [3.05, 3.63) is 96.2 Å². The normalized spacial score (nSPS) is 14.1. The van der Waals surface area contributed by atoms with E-state index < -0.39 is 11.7 Å². The number of ether oxygens (including phenoxy) is 1. The maximum Gasteiger partial charge on any atom is 0.416 e. The van der Waals surface area contributed by atoms with Crippen LogP contribution in [0.5, 0.6) is 5.75 Å². The van der Waals surface area contributed by atoms with E-state index in [1.165, 1.54) is 6.07 Å². The van der Waals surface area contributed by atoms with Crippen LogP contribution in [-0.2, 0) is 6.18 Å². The van der Waals surface area contributed by atoms with Crippen molar-refractivity contribution < 1.29 is 22.7 Å². The zero-order valence-corrected chi connectivity index (χ0v) is 20.2. The molecule has 1 amide bonds. The molecule has 9 heteroatoms. The van der Waals surface area contributed by atoms with Crippen molar-refractivity contribution in [2.45, 2.75) is 6.18 Å². The molecule has 0 spiro atoms. The quantitative estimate of drug-likeness (QED) is 0.357. The van der Waals surface area contributed by atoms with Gasteiger partial charge in [0.25, 0.3) is 5.91 Å². The summed E-state index contributed by atoms with van der Waals surface area (Å²) in [5.74, 6) is 0.500. The number of hydrogen-bond donors (Lipinski definition) is 0. The predicted molar refractivity (Wildman–Crippen MR) is 135 cm³/mol. The Morgan fingerprint density at radius 3 is 2.24 bits per heavy atom. The number of carbonyl (C=O) groups excluding carboxylic acids is 1. The first-order valence-electron chi connectivity index (χ1n) is 11.8. The number of aromatic nitrogens is 2. The highest BCUT2D eigenvalue weighted by molar-refractivity contribution is 5.94. The van der Waals surface area contributed by atoms with Gasteiger partial charge in [-0.05, 0) is 48.5 Å². The van der Waals surface area contributed by atoms with Crippen LogP contribution in [-0.4, -0.2) is 53.9 Å². The molecule has 6 nitrogen and oxygen atoms in total. The lowest BCUT2D eigenvalue weighted by Crippen LogP contribution is -2.49. The van der Waals surface area contributed by atoms with E-state index in [2.05, 4.69) is 0 Å². The van der Waals surface area contributed by atoms with Crippen LogP contribution >= 0.6 is 0 Å². The van der Waals surface area contributed by atoms with Gasteiger partial charge in [-0.2, -0.15) is 18.3 Å². The van der Waals surface area contributed by atoms with E-state index in [1.807, 2.05) is 59.5 Å². The molecule has 2 heterocycles. The zero-order chi connectivity index (χ0) is 26.0. The third-order valence-corrected chi connectivity index (χ3v) is 6.40. The molecule has 1 saturated heterocycles. The number of nitrogens with zero attached hydrogens (tertiary/aromatic N) is 4. The van der Waals surface area contributed by atoms with Gasteiger partial charge in [-0.1, -0.05) is 36.4 Å². The number of piperazine rings is 1. The molecule has 1 aromatic heterocycles. The summed E-state index contributed by atoms with van der Waals surface area (Å²) in [7, 11) is 1.59. The second-order valence-electron chi connectivity index (χ2n) is 8.72. The van der Waals surface area contributed by atoms with Gasteiger partial charge in [-0.25, -0.2) is 4.68 Å². The molecule has 0 unspecified atom stereocenters. The van der Waals surface area contributed by atoms with Crippen LogP contribution in [0.4, 0.5) is 18.9 Å². The summed E-state index contributed by atoms with van der Waals surface area (Å²) in [4.78, 5) is 17.3. The van der Waals surface area contributed by atoms with E-state index in [0.717, 1.165) is 23.4 Å². The number of benzene rings is 3. The van der Waals surface area contributed by atoms with E-state index in [-0.39, 0.29) is 5.91 Å². The Kier molecular flexibility index (Phi) is 6.60. The topological polar surface area (TPSA) is 50.6 Å². The van der Waals surface area contributed by atoms with Crippen molar-refractivity contribution in [3.63, 3.8) is 0 Å². The average Bonchev–Trinajstić information content (AvgIpc) is 3.38. The monoisotopic (exact) mass is 506 g/mol. The molecule has 4 aromatic rings. The lowest BCUT2D eigenvalue weighted by atomic mass is 10.1. The first-order chi connectivity index (χ1) is 17.8. The average molecular weight is 507 g/mol. The lowest BCUT2D eigenvalue weighted by molar-refractivity contribution is -0.137. The molecular formula is C28H25F3N4O2. The van der Waals surface area contributed by atoms with Crippen LogP contribution in [0.2, 0.25) is 0 Å². The zero-order valence-electron chi connectivity index (χ0n) is 20.2. The van der Waals surface area contributed by atoms with Crippen molar-refractivity contribution in [1.82, 2.24) is 14.7 Å². The van der Waals surface area contributed by atoms with Gasteiger partial charge >= 0.3 is 6.18 Å². The van der Waals surface area contributed by atoms with Crippen molar-refractivity contribution >= 4 is 11.6 Å². The molecule has 0 aliphatic carbocycles. The van der Waals surface area contributed by atoms with Gasteiger partial charge in [0.2, 0.25) is 0 Å². The molecule has 190 valence electrons. The fourth-order valence-corrected chi connectivity index (χ4v) is 4.43. The number of rotatable bonds is 5. The van der Waals surface area contributed by atoms with Crippen LogP contribution in [0.25, 0.3) is 16.9 Å². The minimum absolute atomic E-state index is 0.186. The molecular weight excluding hydrogens is 481 g/mol. The summed E-state index contributed by atoms with van der Waals surface area (Å²) >= 11 is 0. The van der Waals surface area contributed by atoms with E-state index in [9.17, 15) is 18.0 Å². The van der Waals surface area contributed by atoms with Gasteiger partial charge < -0.3 is 14.5 Å². The molecule has 1 aliphatic rings. The first-order valence-corrected chi connectivity index (χ1v) is 11.8. The maximum absolute atomic E-state index is 13.7. The molecule has 0 N–H and O–H groups in total. The Balaban J connectivity index is 1.40. The van der Waals surface area contributed by atoms with E-state index in [4.69, 9.17) is 9.84 Å². The third kappa shape index (κ3) is 5.16. The van der Waals surface area contributed by atoms with E-state index in [0.29, 0.717) is 49.0 Å². The largest absolute Gasteiger partial charge is 0.497 e. The minimum Gasteiger partial charge on any atom is -0.497 e. The smallest absolute Gasteiger partial charge is 0.416 e. The van der Waals surface area contributed by atoms with Crippen LogP contribution in [0, 0.1) is 0 Å². The lowest BCUT2D eigenvalue weighted by Gasteiger charge is -2.36. The molecule has 0 saturated carbocycles. The summed E-state index contributed by atoms with van der Waals surface area (Å²) in [5, 5.41) is 4.73. The van der Waals surface area contributed by atoms with Gasteiger partial charge in [0.05, 0.1) is 24.1 Å². The van der Waals surface area contributed by atoms with E-state index in [1.54, 1.807) is 28.8 Å². The Bertz CT molecular complexity index is 1390. The van der Waals surface area contributed by atoms with Crippen molar-refractivity contribution in [3.8, 4) is 22.7 Å². The van der Waals surface area contributed by atoms with Gasteiger partial charge in [0, 0.05) is 37.4 Å². The molecule has 1 aliphatic heterocycles. The maximum atomic E-state index is 13.7. The van der Waals surface area contributed by atoms with Crippen molar-refractivity contribution in [1.29, 1.82) is 0 Å². The van der Waals surface area contributed by atoms with Gasteiger partial charge in [0.15, 0.2) is 0 Å². The number of alkyl halides is 3. The summed E-state index contributed by atoms with van der Waals surface area (Å²) < 4.78 is 46.4. The summed E-state index contributed by atoms with van der Waals surface area (Å²) in [6.45, 7) is 1.61. The fraction of sp³-hybridized carbons (Fsp3) is 0.214. The number of methoxy groups -OCH3 is 1. The number of hydrogen-bond acceptors (Lipinski definition) is 4.